The lowest BCUT2D eigenvalue weighted by Crippen LogP contribution is -2.42. The lowest BCUT2D eigenvalue weighted by molar-refractivity contribution is 0.0817. The van der Waals surface area contributed by atoms with Crippen molar-refractivity contribution in [3.8, 4) is 0 Å². The normalized spacial score (nSPS) is 11.2. The van der Waals surface area contributed by atoms with Gasteiger partial charge in [0.05, 0.1) is 0 Å². The first-order valence-electron chi connectivity index (χ1n) is 8.69. The highest BCUT2D eigenvalue weighted by Crippen LogP contribution is 2.19. The van der Waals surface area contributed by atoms with Crippen LogP contribution in [-0.2, 0) is 13.3 Å². The molecule has 27 heavy (non-hydrogen) atoms. The fourth-order valence-electron chi connectivity index (χ4n) is 2.76. The summed E-state index contributed by atoms with van der Waals surface area (Å²) in [6, 6.07) is 16.2. The van der Waals surface area contributed by atoms with E-state index in [1.54, 1.807) is 69.9 Å². The molecule has 0 bridgehead atoms. The van der Waals surface area contributed by atoms with Crippen LogP contribution in [0.15, 0.2) is 54.6 Å². The summed E-state index contributed by atoms with van der Waals surface area (Å²) in [5, 5.41) is 3.23. The van der Waals surface area contributed by atoms with Gasteiger partial charge in [-0.2, -0.15) is 0 Å². The number of hydrogen-bond acceptors (Lipinski definition) is 6. The minimum Gasteiger partial charge on any atom is -0.384 e. The smallest absolute Gasteiger partial charge is 0.384 e. The largest absolute Gasteiger partial charge is 0.500 e. The molecule has 1 N–H and O–H groups in total. The zero-order valence-electron chi connectivity index (χ0n) is 15.9. The summed E-state index contributed by atoms with van der Waals surface area (Å²) < 4.78 is 16.2. The van der Waals surface area contributed by atoms with Crippen LogP contribution < -0.4 is 5.32 Å². The zero-order chi connectivity index (χ0) is 19.7. The predicted octanol–water partition coefficient (Wildman–Crippen LogP) is 3.43. The number of benzene rings is 2. The summed E-state index contributed by atoms with van der Waals surface area (Å²) in [5.74, 6) is -1.05. The van der Waals surface area contributed by atoms with Gasteiger partial charge in [-0.3, -0.25) is 9.59 Å². The van der Waals surface area contributed by atoms with Gasteiger partial charge in [-0.15, -0.1) is 0 Å². The summed E-state index contributed by atoms with van der Waals surface area (Å²) in [5.41, 5.74) is 1.37. The molecule has 0 aliphatic rings. The molecule has 2 rings (SSSR count). The molecular weight excluding hydrogens is 362 g/mol. The number of Topliss-reactive ketones (excluding diaryl/α,β-unsaturated/α-hetero) is 2. The fraction of sp³-hybridized carbons (Fsp3) is 0.300. The Balaban J connectivity index is 2.03. The molecule has 2 aromatic carbocycles. The third-order valence-corrected chi connectivity index (χ3v) is 7.15. The Hall–Kier alpha value is -2.32. The van der Waals surface area contributed by atoms with E-state index in [4.69, 9.17) is 13.3 Å². The van der Waals surface area contributed by atoms with Crippen LogP contribution in [0.4, 0.5) is 5.69 Å². The third kappa shape index (κ3) is 5.33. The molecule has 7 heteroatoms. The standard InChI is InChI=1S/C20H25NO5Si/c1-24-27(25-2,26-3)15-9-14-21-18-13-8-7-12-17(18)20(23)19(22)16-10-5-4-6-11-16/h4-8,10-13,21H,9,14-15H2,1-3H3. The Labute approximate surface area is 160 Å². The first-order chi connectivity index (χ1) is 13.1. The minimum absolute atomic E-state index is 0.361. The van der Waals surface area contributed by atoms with Crippen LogP contribution in [0.3, 0.4) is 0 Å². The maximum atomic E-state index is 12.7. The van der Waals surface area contributed by atoms with Crippen molar-refractivity contribution in [3.05, 3.63) is 65.7 Å². The molecule has 0 aromatic heterocycles. The molecule has 0 aliphatic heterocycles. The lowest BCUT2D eigenvalue weighted by Gasteiger charge is -2.24. The lowest BCUT2D eigenvalue weighted by atomic mass is 10.00. The highest BCUT2D eigenvalue weighted by Gasteiger charge is 2.36. The van der Waals surface area contributed by atoms with Gasteiger partial charge in [-0.1, -0.05) is 42.5 Å². The number of carbonyl (C=O) groups excluding carboxylic acids is 2. The van der Waals surface area contributed by atoms with E-state index < -0.39 is 20.4 Å². The van der Waals surface area contributed by atoms with E-state index in [0.717, 1.165) is 6.42 Å². The number of nitrogens with one attached hydrogen (secondary N) is 1. The number of carbonyl (C=O) groups is 2. The highest BCUT2D eigenvalue weighted by atomic mass is 28.4. The summed E-state index contributed by atoms with van der Waals surface area (Å²) in [6.07, 6.45) is 0.733. The van der Waals surface area contributed by atoms with Gasteiger partial charge in [0.2, 0.25) is 11.6 Å². The van der Waals surface area contributed by atoms with Crippen LogP contribution in [0.1, 0.15) is 27.1 Å². The van der Waals surface area contributed by atoms with Crippen molar-refractivity contribution in [2.24, 2.45) is 0 Å². The van der Waals surface area contributed by atoms with Gasteiger partial charge in [0.1, 0.15) is 0 Å². The van der Waals surface area contributed by atoms with Crippen molar-refractivity contribution in [1.82, 2.24) is 0 Å². The molecule has 144 valence electrons. The Morgan fingerprint density at radius 2 is 1.44 bits per heavy atom. The van der Waals surface area contributed by atoms with Crippen molar-refractivity contribution in [1.29, 1.82) is 0 Å². The second kappa shape index (κ2) is 10.1. The summed E-state index contributed by atoms with van der Waals surface area (Å²) in [4.78, 5) is 25.1. The Kier molecular flexibility index (Phi) is 7.87. The highest BCUT2D eigenvalue weighted by molar-refractivity contribution is 6.60. The van der Waals surface area contributed by atoms with Crippen molar-refractivity contribution >= 4 is 26.1 Å². The van der Waals surface area contributed by atoms with Crippen LogP contribution in [0, 0.1) is 0 Å². The molecule has 6 nitrogen and oxygen atoms in total. The summed E-state index contributed by atoms with van der Waals surface area (Å²) in [7, 11) is 2.12. The maximum Gasteiger partial charge on any atom is 0.500 e. The SMILES string of the molecule is CO[Si](CCCNc1ccccc1C(=O)C(=O)c1ccccc1)(OC)OC. The second-order valence-electron chi connectivity index (χ2n) is 5.90. The van der Waals surface area contributed by atoms with E-state index in [2.05, 4.69) is 5.32 Å². The molecule has 0 aliphatic carbocycles. The predicted molar refractivity (Wildman–Crippen MR) is 106 cm³/mol. The van der Waals surface area contributed by atoms with Crippen molar-refractivity contribution in [2.75, 3.05) is 33.2 Å². The topological polar surface area (TPSA) is 73.9 Å². The van der Waals surface area contributed by atoms with Crippen LogP contribution >= 0.6 is 0 Å². The number of anilines is 1. The summed E-state index contributed by atoms with van der Waals surface area (Å²) >= 11 is 0. The molecule has 0 heterocycles. The van der Waals surface area contributed by atoms with Gasteiger partial charge in [0, 0.05) is 50.7 Å². The Morgan fingerprint density at radius 3 is 2.07 bits per heavy atom. The molecule has 0 atom stereocenters. The molecule has 0 radical (unpaired) electrons. The minimum atomic E-state index is -2.61. The first-order valence-corrected chi connectivity index (χ1v) is 10.6. The van der Waals surface area contributed by atoms with Crippen LogP contribution in [0.5, 0.6) is 0 Å². The van der Waals surface area contributed by atoms with Crippen molar-refractivity contribution in [3.63, 3.8) is 0 Å². The second-order valence-corrected chi connectivity index (χ2v) is 8.99. The maximum absolute atomic E-state index is 12.7. The number of hydrogen-bond donors (Lipinski definition) is 1. The van der Waals surface area contributed by atoms with Gasteiger partial charge in [-0.25, -0.2) is 0 Å². The molecule has 0 saturated carbocycles. The van der Waals surface area contributed by atoms with Gasteiger partial charge < -0.3 is 18.6 Å². The average Bonchev–Trinajstić information content (AvgIpc) is 2.74. The van der Waals surface area contributed by atoms with Crippen molar-refractivity contribution < 1.29 is 22.9 Å². The van der Waals surface area contributed by atoms with Crippen LogP contribution in [0.2, 0.25) is 6.04 Å². The van der Waals surface area contributed by atoms with E-state index in [-0.39, 0.29) is 0 Å². The first kappa shape index (κ1) is 21.0. The Morgan fingerprint density at radius 1 is 0.852 bits per heavy atom. The van der Waals surface area contributed by atoms with Gasteiger partial charge in [-0.05, 0) is 18.6 Å². The Bertz CT molecular complexity index is 754. The molecule has 2 aromatic rings. The quantitative estimate of drug-likeness (QED) is 0.276. The monoisotopic (exact) mass is 387 g/mol. The van der Waals surface area contributed by atoms with Crippen LogP contribution in [0.25, 0.3) is 0 Å². The van der Waals surface area contributed by atoms with Gasteiger partial charge in [0.15, 0.2) is 0 Å². The number of rotatable bonds is 11. The molecule has 0 amide bonds. The fourth-order valence-corrected chi connectivity index (χ4v) is 4.48. The zero-order valence-corrected chi connectivity index (χ0v) is 16.9. The average molecular weight is 388 g/mol. The summed E-state index contributed by atoms with van der Waals surface area (Å²) in [6.45, 7) is 0.592. The van der Waals surface area contributed by atoms with E-state index in [0.29, 0.717) is 29.4 Å². The molecule has 0 spiro atoms. The third-order valence-electron chi connectivity index (χ3n) is 4.32. The number of ketones is 2. The van der Waals surface area contributed by atoms with E-state index in [9.17, 15) is 9.59 Å². The molecule has 0 saturated heterocycles. The number of para-hydroxylation sites is 1. The molecule has 0 unspecified atom stereocenters. The van der Waals surface area contributed by atoms with Crippen molar-refractivity contribution in [2.45, 2.75) is 12.5 Å². The van der Waals surface area contributed by atoms with Crippen LogP contribution in [-0.4, -0.2) is 48.2 Å². The van der Waals surface area contributed by atoms with E-state index >= 15 is 0 Å². The molecular formula is C20H25NO5Si. The van der Waals surface area contributed by atoms with Gasteiger partial charge in [0.25, 0.3) is 0 Å². The van der Waals surface area contributed by atoms with E-state index in [1.807, 2.05) is 6.07 Å². The van der Waals surface area contributed by atoms with Gasteiger partial charge >= 0.3 is 8.80 Å². The van der Waals surface area contributed by atoms with E-state index in [1.165, 1.54) is 0 Å². The molecule has 0 fully saturated rings.